The third kappa shape index (κ3) is 33.3. The Hall–Kier alpha value is 2.34. The van der Waals surface area contributed by atoms with Crippen molar-refractivity contribution in [2.24, 2.45) is 0 Å². The summed E-state index contributed by atoms with van der Waals surface area (Å²) in [5.74, 6) is 0. The molecule has 2 nitrogen and oxygen atoms in total. The van der Waals surface area contributed by atoms with Crippen LogP contribution < -0.4 is 0 Å². The molecule has 0 unspecified atom stereocenters. The van der Waals surface area contributed by atoms with Crippen LogP contribution in [-0.4, -0.2) is 91.5 Å². The second-order valence-electron chi connectivity index (χ2n) is 5.03. The van der Waals surface area contributed by atoms with E-state index in [1.807, 2.05) is 0 Å². The van der Waals surface area contributed by atoms with Crippen LogP contribution in [0.2, 0.25) is 0 Å². The van der Waals surface area contributed by atoms with Crippen molar-refractivity contribution in [1.29, 1.82) is 0 Å². The molecule has 0 aliphatic rings. The molecule has 0 amide bonds. The molecule has 0 fully saturated rings. The zero-order valence-corrected chi connectivity index (χ0v) is 16.9. The van der Waals surface area contributed by atoms with Crippen molar-refractivity contribution >= 4 is 91.5 Å². The molecule has 0 aliphatic heterocycles. The fraction of sp³-hybridized carbons (Fsp3) is 0.857. The molecule has 0 heterocycles. The molecule has 0 aromatic heterocycles. The molecule has 5 heteroatoms. The van der Waals surface area contributed by atoms with E-state index in [4.69, 9.17) is 0 Å². The standard InChI is InChI=1S/C8H15O.C6H11O.3Na.H/c1-2-3-4-5-6-7-8-9;1-2-3-4-5-6-7;;;;/h2-7H2,1H3;2-5H2,1H3;;;;. The monoisotopic (exact) mass is 296 g/mol. The average Bonchev–Trinajstić information content (AvgIpc) is 2.29. The topological polar surface area (TPSA) is 34.1 Å². The number of unbranched alkanes of at least 4 members (excludes halogenated alkanes) is 6. The molecule has 0 N–H and O–H groups in total. The van der Waals surface area contributed by atoms with Crippen molar-refractivity contribution in [3.05, 3.63) is 0 Å². The molecule has 0 saturated carbocycles. The third-order valence-electron chi connectivity index (χ3n) is 2.76. The van der Waals surface area contributed by atoms with E-state index in [9.17, 15) is 9.59 Å². The summed E-state index contributed by atoms with van der Waals surface area (Å²) in [4.78, 5) is 20.9. The summed E-state index contributed by atoms with van der Waals surface area (Å²) in [6.45, 7) is 4.36. The van der Waals surface area contributed by atoms with Crippen LogP contribution in [0, 0.1) is 0 Å². The van der Waals surface area contributed by atoms with E-state index in [0.29, 0.717) is 6.07 Å². The van der Waals surface area contributed by atoms with Gasteiger partial charge in [-0.2, -0.15) is 0 Å². The van der Waals surface area contributed by atoms with Gasteiger partial charge >= 0.3 is 179 Å². The Bertz CT molecular complexity index is 209. The minimum atomic E-state index is 0. The third-order valence-corrected chi connectivity index (χ3v) is 3.76. The first kappa shape index (κ1) is 26.2. The molecule has 0 rings (SSSR count). The summed E-state index contributed by atoms with van der Waals surface area (Å²) in [5, 5.41) is 0. The second-order valence-corrected chi connectivity index (χ2v) is 7.26. The summed E-state index contributed by atoms with van der Waals surface area (Å²) in [6, 6.07) is 0. The zero-order valence-electron chi connectivity index (χ0n) is 12.9. The Morgan fingerprint density at radius 1 is 0.684 bits per heavy atom. The summed E-state index contributed by atoms with van der Waals surface area (Å²) < 4.78 is 0.926. The fourth-order valence-electron chi connectivity index (χ4n) is 1.60. The number of carbonyl (C=O) groups excluding carboxylic acids is 2. The number of carbonyl (C=O) groups is 2. The molecular formula is C14H27Na3O2. The zero-order chi connectivity index (χ0) is 14.2. The molecule has 0 radical (unpaired) electrons. The molecular weight excluding hydrogens is 269 g/mol. The molecule has 0 aliphatic carbocycles. The predicted molar refractivity (Wildman–Crippen MR) is 86.2 cm³/mol. The molecule has 0 atom stereocenters. The van der Waals surface area contributed by atoms with Gasteiger partial charge in [0.15, 0.2) is 0 Å². The molecule has 98 valence electrons. The van der Waals surface area contributed by atoms with E-state index < -0.39 is 0 Å². The normalized spacial score (nSPS) is 9.16. The number of hydrogen-bond acceptors (Lipinski definition) is 2. The van der Waals surface area contributed by atoms with E-state index in [-0.39, 0.29) is 29.6 Å². The van der Waals surface area contributed by atoms with E-state index >= 15 is 0 Å². The van der Waals surface area contributed by atoms with Crippen LogP contribution >= 0.6 is 0 Å². The summed E-state index contributed by atoms with van der Waals surface area (Å²) in [6.07, 6.45) is 11.5. The van der Waals surface area contributed by atoms with Crippen molar-refractivity contribution in [3.8, 4) is 0 Å². The van der Waals surface area contributed by atoms with Gasteiger partial charge in [0.05, 0.1) is 0 Å². The first-order valence-corrected chi connectivity index (χ1v) is 9.53. The number of hydrogen-bond donors (Lipinski definition) is 0. The van der Waals surface area contributed by atoms with Gasteiger partial charge in [0.25, 0.3) is 0 Å². The van der Waals surface area contributed by atoms with Gasteiger partial charge in [-0.3, -0.25) is 0 Å². The van der Waals surface area contributed by atoms with Crippen LogP contribution in [0.5, 0.6) is 0 Å². The number of rotatable bonds is 10. The van der Waals surface area contributed by atoms with E-state index in [1.165, 1.54) is 38.5 Å². The van der Waals surface area contributed by atoms with Crippen LogP contribution in [0.25, 0.3) is 0 Å². The van der Waals surface area contributed by atoms with E-state index in [2.05, 4.69) is 13.8 Å². The summed E-state index contributed by atoms with van der Waals surface area (Å²) in [7, 11) is 0. The molecule has 0 saturated heterocycles. The molecule has 0 spiro atoms. The van der Waals surface area contributed by atoms with Crippen molar-refractivity contribution in [3.63, 3.8) is 0 Å². The van der Waals surface area contributed by atoms with Crippen molar-refractivity contribution in [2.45, 2.75) is 78.1 Å². The van der Waals surface area contributed by atoms with Crippen LogP contribution in [0.15, 0.2) is 0 Å². The predicted octanol–water partition coefficient (Wildman–Crippen LogP) is 2.66. The van der Waals surface area contributed by atoms with Crippen molar-refractivity contribution in [1.82, 2.24) is 0 Å². The SMILES string of the molecule is CCCCCCC[C](=O)[Na].CCCCC[C](=O)[Na].[NaH]. The van der Waals surface area contributed by atoms with Crippen molar-refractivity contribution < 1.29 is 9.59 Å². The molecule has 19 heavy (non-hydrogen) atoms. The Kier molecular flexibility index (Phi) is 31.2. The Morgan fingerprint density at radius 2 is 1.00 bits per heavy atom. The minimum absolute atomic E-state index is 0. The Labute approximate surface area is 176 Å². The van der Waals surface area contributed by atoms with Gasteiger partial charge in [0.2, 0.25) is 0 Å². The Morgan fingerprint density at radius 3 is 1.37 bits per heavy atom. The maximum absolute atomic E-state index is 10.5. The van der Waals surface area contributed by atoms with Gasteiger partial charge in [-0.15, -0.1) is 0 Å². The van der Waals surface area contributed by atoms with Crippen molar-refractivity contribution in [2.75, 3.05) is 0 Å². The van der Waals surface area contributed by atoms with E-state index in [1.54, 1.807) is 0 Å². The molecule has 0 aromatic carbocycles. The second kappa shape index (κ2) is 22.6. The van der Waals surface area contributed by atoms with Crippen LogP contribution in [0.4, 0.5) is 0 Å². The van der Waals surface area contributed by atoms with Gasteiger partial charge in [0, 0.05) is 0 Å². The Balaban J connectivity index is -0.000000262. The first-order chi connectivity index (χ1) is 8.54. The first-order valence-electron chi connectivity index (χ1n) is 7.53. The average molecular weight is 296 g/mol. The van der Waals surface area contributed by atoms with Crippen LogP contribution in [-0.2, 0) is 9.59 Å². The molecule has 0 bridgehead atoms. The van der Waals surface area contributed by atoms with Gasteiger partial charge in [-0.05, 0) is 0 Å². The van der Waals surface area contributed by atoms with E-state index in [0.717, 1.165) is 81.5 Å². The van der Waals surface area contributed by atoms with Gasteiger partial charge in [0.1, 0.15) is 0 Å². The van der Waals surface area contributed by atoms with Gasteiger partial charge in [-0.25, -0.2) is 0 Å². The van der Waals surface area contributed by atoms with Gasteiger partial charge < -0.3 is 0 Å². The summed E-state index contributed by atoms with van der Waals surface area (Å²) >= 11 is 1.50. The summed E-state index contributed by atoms with van der Waals surface area (Å²) in [5.41, 5.74) is 0. The van der Waals surface area contributed by atoms with Gasteiger partial charge in [-0.1, -0.05) is 0 Å². The molecule has 0 aromatic rings. The maximum atomic E-state index is 10.5. The van der Waals surface area contributed by atoms with Crippen LogP contribution in [0.3, 0.4) is 0 Å². The van der Waals surface area contributed by atoms with Crippen LogP contribution in [0.1, 0.15) is 78.1 Å². The quantitative estimate of drug-likeness (QED) is 0.459. The fourth-order valence-corrected chi connectivity index (χ4v) is 2.31.